The fourth-order valence-corrected chi connectivity index (χ4v) is 3.23. The standard InChI is InChI=1S/C20H20N6O3/c1-29-15-4-2-14(3-5-15)16-10-18(23-12-21-16)25-6-8-26(9-7-25)20(28)17-11-19(27)24-13-22-17/h2-5,10-13H,6-9H2,1H3,(H,22,24,27). The van der Waals surface area contributed by atoms with Crippen LogP contribution in [-0.4, -0.2) is 64.0 Å². The molecule has 2 aromatic heterocycles. The number of aromatic nitrogens is 4. The van der Waals surface area contributed by atoms with Crippen LogP contribution in [0.15, 0.2) is 53.8 Å². The number of aromatic amines is 1. The first-order chi connectivity index (χ1) is 14.1. The number of hydrogen-bond acceptors (Lipinski definition) is 7. The van der Waals surface area contributed by atoms with E-state index < -0.39 is 0 Å². The van der Waals surface area contributed by atoms with Crippen molar-refractivity contribution >= 4 is 11.7 Å². The highest BCUT2D eigenvalue weighted by Gasteiger charge is 2.24. The molecule has 1 amide bonds. The Kier molecular flexibility index (Phi) is 5.19. The summed E-state index contributed by atoms with van der Waals surface area (Å²) in [5.41, 5.74) is 1.62. The molecular formula is C20H20N6O3. The molecule has 0 unspecified atom stereocenters. The van der Waals surface area contributed by atoms with Gasteiger partial charge in [0, 0.05) is 43.9 Å². The number of rotatable bonds is 4. The van der Waals surface area contributed by atoms with Gasteiger partial charge in [-0.3, -0.25) is 9.59 Å². The summed E-state index contributed by atoms with van der Waals surface area (Å²) in [5, 5.41) is 0. The molecule has 0 spiro atoms. The Morgan fingerprint density at radius 3 is 2.48 bits per heavy atom. The number of ether oxygens (including phenoxy) is 1. The van der Waals surface area contributed by atoms with Gasteiger partial charge in [0.15, 0.2) is 0 Å². The molecule has 1 N–H and O–H groups in total. The van der Waals surface area contributed by atoms with Crippen LogP contribution in [0.25, 0.3) is 11.3 Å². The van der Waals surface area contributed by atoms with E-state index in [-0.39, 0.29) is 17.2 Å². The first kappa shape index (κ1) is 18.6. The van der Waals surface area contributed by atoms with Gasteiger partial charge in [-0.15, -0.1) is 0 Å². The van der Waals surface area contributed by atoms with E-state index in [0.29, 0.717) is 26.2 Å². The maximum atomic E-state index is 12.5. The number of carbonyl (C=O) groups excluding carboxylic acids is 1. The lowest BCUT2D eigenvalue weighted by molar-refractivity contribution is 0.0740. The number of piperazine rings is 1. The van der Waals surface area contributed by atoms with Crippen molar-refractivity contribution < 1.29 is 9.53 Å². The fourth-order valence-electron chi connectivity index (χ4n) is 3.23. The highest BCUT2D eigenvalue weighted by molar-refractivity contribution is 5.92. The SMILES string of the molecule is COc1ccc(-c2cc(N3CCN(C(=O)c4cc(=O)[nH]cn4)CC3)ncn2)cc1. The number of H-pyrrole nitrogens is 1. The summed E-state index contributed by atoms with van der Waals surface area (Å²) in [4.78, 5) is 42.9. The zero-order valence-electron chi connectivity index (χ0n) is 15.9. The predicted molar refractivity (Wildman–Crippen MR) is 107 cm³/mol. The molecule has 1 fully saturated rings. The van der Waals surface area contributed by atoms with Crippen LogP contribution in [0.1, 0.15) is 10.5 Å². The molecule has 9 nitrogen and oxygen atoms in total. The van der Waals surface area contributed by atoms with E-state index in [1.165, 1.54) is 12.4 Å². The van der Waals surface area contributed by atoms with E-state index in [0.717, 1.165) is 22.8 Å². The molecule has 0 bridgehead atoms. The van der Waals surface area contributed by atoms with Gasteiger partial charge >= 0.3 is 0 Å². The summed E-state index contributed by atoms with van der Waals surface area (Å²) in [6, 6.07) is 10.9. The monoisotopic (exact) mass is 392 g/mol. The number of nitrogens with one attached hydrogen (secondary N) is 1. The molecule has 1 aliphatic heterocycles. The third-order valence-electron chi connectivity index (χ3n) is 4.83. The van der Waals surface area contributed by atoms with Crippen LogP contribution in [0, 0.1) is 0 Å². The zero-order valence-corrected chi connectivity index (χ0v) is 15.9. The van der Waals surface area contributed by atoms with E-state index in [9.17, 15) is 9.59 Å². The van der Waals surface area contributed by atoms with E-state index in [1.54, 1.807) is 18.3 Å². The summed E-state index contributed by atoms with van der Waals surface area (Å²) in [5.74, 6) is 1.36. The Morgan fingerprint density at radius 1 is 1.03 bits per heavy atom. The van der Waals surface area contributed by atoms with Crippen LogP contribution < -0.4 is 15.2 Å². The van der Waals surface area contributed by atoms with Crippen LogP contribution in [-0.2, 0) is 0 Å². The molecule has 3 aromatic rings. The Balaban J connectivity index is 1.44. The number of carbonyl (C=O) groups is 1. The Morgan fingerprint density at radius 2 is 1.79 bits per heavy atom. The van der Waals surface area contributed by atoms with Crippen LogP contribution in [0.2, 0.25) is 0 Å². The lowest BCUT2D eigenvalue weighted by Crippen LogP contribution is -2.49. The topological polar surface area (TPSA) is 104 Å². The number of nitrogens with zero attached hydrogens (tertiary/aromatic N) is 5. The van der Waals surface area contributed by atoms with Gasteiger partial charge in [0.1, 0.15) is 23.6 Å². The number of methoxy groups -OCH3 is 1. The quantitative estimate of drug-likeness (QED) is 0.711. The van der Waals surface area contributed by atoms with Crippen LogP contribution in [0.5, 0.6) is 5.75 Å². The van der Waals surface area contributed by atoms with Crippen LogP contribution in [0.3, 0.4) is 0 Å². The highest BCUT2D eigenvalue weighted by atomic mass is 16.5. The summed E-state index contributed by atoms with van der Waals surface area (Å²) in [6.45, 7) is 2.31. The molecule has 0 saturated carbocycles. The third-order valence-corrected chi connectivity index (χ3v) is 4.83. The third kappa shape index (κ3) is 4.08. The molecule has 29 heavy (non-hydrogen) atoms. The van der Waals surface area contributed by atoms with Crippen molar-refractivity contribution in [3.05, 3.63) is 65.1 Å². The zero-order chi connectivity index (χ0) is 20.2. The molecule has 4 rings (SSSR count). The van der Waals surface area contributed by atoms with Crippen molar-refractivity contribution in [2.45, 2.75) is 0 Å². The lowest BCUT2D eigenvalue weighted by Gasteiger charge is -2.35. The minimum absolute atomic E-state index is 0.158. The molecule has 1 aliphatic rings. The van der Waals surface area contributed by atoms with Gasteiger partial charge in [-0.1, -0.05) is 0 Å². The van der Waals surface area contributed by atoms with Crippen molar-refractivity contribution in [2.75, 3.05) is 38.2 Å². The molecule has 0 aliphatic carbocycles. The van der Waals surface area contributed by atoms with Gasteiger partial charge in [0.2, 0.25) is 0 Å². The van der Waals surface area contributed by atoms with E-state index in [4.69, 9.17) is 4.74 Å². The average molecular weight is 392 g/mol. The van der Waals surface area contributed by atoms with Crippen LogP contribution in [0.4, 0.5) is 5.82 Å². The smallest absolute Gasteiger partial charge is 0.272 e. The largest absolute Gasteiger partial charge is 0.497 e. The fraction of sp³-hybridized carbons (Fsp3) is 0.250. The summed E-state index contributed by atoms with van der Waals surface area (Å²) < 4.78 is 5.20. The maximum absolute atomic E-state index is 12.5. The van der Waals surface area contributed by atoms with Gasteiger partial charge in [-0.2, -0.15) is 0 Å². The van der Waals surface area contributed by atoms with Gasteiger partial charge in [-0.25, -0.2) is 15.0 Å². The summed E-state index contributed by atoms with van der Waals surface area (Å²) in [6.07, 6.45) is 2.79. The van der Waals surface area contributed by atoms with E-state index >= 15 is 0 Å². The second-order valence-electron chi connectivity index (χ2n) is 6.57. The first-order valence-electron chi connectivity index (χ1n) is 9.19. The van der Waals surface area contributed by atoms with Crippen molar-refractivity contribution in [2.24, 2.45) is 0 Å². The molecule has 9 heteroatoms. The van der Waals surface area contributed by atoms with E-state index in [1.807, 2.05) is 30.3 Å². The summed E-state index contributed by atoms with van der Waals surface area (Å²) >= 11 is 0. The molecule has 0 radical (unpaired) electrons. The average Bonchev–Trinajstić information content (AvgIpc) is 2.79. The summed E-state index contributed by atoms with van der Waals surface area (Å²) in [7, 11) is 1.63. The minimum Gasteiger partial charge on any atom is -0.497 e. The molecule has 3 heterocycles. The van der Waals surface area contributed by atoms with Crippen molar-refractivity contribution in [3.63, 3.8) is 0 Å². The Hall–Kier alpha value is -3.75. The second-order valence-corrected chi connectivity index (χ2v) is 6.57. The number of anilines is 1. The van der Waals surface area contributed by atoms with Gasteiger partial charge in [0.25, 0.3) is 11.5 Å². The predicted octanol–water partition coefficient (Wildman–Crippen LogP) is 1.20. The van der Waals surface area contributed by atoms with E-state index in [2.05, 4.69) is 24.8 Å². The number of hydrogen-bond donors (Lipinski definition) is 1. The Labute approximate surface area is 167 Å². The lowest BCUT2D eigenvalue weighted by atomic mass is 10.1. The van der Waals surface area contributed by atoms with Crippen molar-refractivity contribution in [1.82, 2.24) is 24.8 Å². The normalized spacial score (nSPS) is 14.0. The Bertz CT molecular complexity index is 1060. The second kappa shape index (κ2) is 8.09. The van der Waals surface area contributed by atoms with Crippen molar-refractivity contribution in [1.29, 1.82) is 0 Å². The molecule has 148 valence electrons. The maximum Gasteiger partial charge on any atom is 0.272 e. The van der Waals surface area contributed by atoms with Gasteiger partial charge < -0.3 is 19.5 Å². The number of amides is 1. The molecular weight excluding hydrogens is 372 g/mol. The van der Waals surface area contributed by atoms with Gasteiger partial charge in [-0.05, 0) is 24.3 Å². The molecule has 0 atom stereocenters. The minimum atomic E-state index is -0.339. The molecule has 1 aromatic carbocycles. The molecule has 1 saturated heterocycles. The highest BCUT2D eigenvalue weighted by Crippen LogP contribution is 2.23. The van der Waals surface area contributed by atoms with Crippen LogP contribution >= 0.6 is 0 Å². The number of benzene rings is 1. The van der Waals surface area contributed by atoms with Gasteiger partial charge in [0.05, 0.1) is 19.1 Å². The first-order valence-corrected chi connectivity index (χ1v) is 9.19. The van der Waals surface area contributed by atoms with Crippen molar-refractivity contribution in [3.8, 4) is 17.0 Å².